The van der Waals surface area contributed by atoms with Crippen molar-refractivity contribution in [2.45, 2.75) is 32.1 Å². The maximum absolute atomic E-state index is 13.0. The van der Waals surface area contributed by atoms with E-state index in [-0.39, 0.29) is 12.4 Å². The van der Waals surface area contributed by atoms with Gasteiger partial charge in [0, 0.05) is 24.2 Å². The highest BCUT2D eigenvalue weighted by Crippen LogP contribution is 2.37. The van der Waals surface area contributed by atoms with Crippen LogP contribution in [0.5, 0.6) is 11.5 Å². The van der Waals surface area contributed by atoms with E-state index in [1.54, 1.807) is 24.3 Å². The number of hydrogen-bond acceptors (Lipinski definition) is 6. The molecule has 0 bridgehead atoms. The number of benzene rings is 2. The molecule has 0 saturated heterocycles. The van der Waals surface area contributed by atoms with E-state index in [0.29, 0.717) is 22.3 Å². The predicted octanol–water partition coefficient (Wildman–Crippen LogP) is 5.69. The molecule has 4 aromatic rings. The second-order valence-electron chi connectivity index (χ2n) is 8.28. The fourth-order valence-electron chi connectivity index (χ4n) is 3.96. The van der Waals surface area contributed by atoms with Gasteiger partial charge in [-0.05, 0) is 46.9 Å². The number of pyridine rings is 2. The molecule has 0 spiro atoms. The number of alkyl halides is 4. The zero-order chi connectivity index (χ0) is 27.1. The molecule has 0 aliphatic rings. The van der Waals surface area contributed by atoms with Gasteiger partial charge in [0.25, 0.3) is 0 Å². The summed E-state index contributed by atoms with van der Waals surface area (Å²) in [7, 11) is 0. The molecule has 7 nitrogen and oxygen atoms in total. The lowest BCUT2D eigenvalue weighted by molar-refractivity contribution is -0.605. The molecule has 1 unspecified atom stereocenters. The molecule has 11 heteroatoms. The first-order valence-corrected chi connectivity index (χ1v) is 11.5. The molecule has 4 rings (SSSR count). The van der Waals surface area contributed by atoms with Crippen LogP contribution in [0.15, 0.2) is 91.4 Å². The number of anilines is 1. The number of ether oxygens (including phenoxy) is 2. The Bertz CT molecular complexity index is 1310. The van der Waals surface area contributed by atoms with E-state index in [1.165, 1.54) is 30.7 Å². The Morgan fingerprint density at radius 2 is 1.47 bits per heavy atom. The molecule has 0 aliphatic heterocycles. The van der Waals surface area contributed by atoms with Crippen molar-refractivity contribution >= 4 is 5.82 Å². The Balaban J connectivity index is 1.66. The summed E-state index contributed by atoms with van der Waals surface area (Å²) >= 11 is 0. The third-order valence-corrected chi connectivity index (χ3v) is 5.73. The Morgan fingerprint density at radius 3 is 2.11 bits per heavy atom. The van der Waals surface area contributed by atoms with Gasteiger partial charge in [-0.1, -0.05) is 42.5 Å². The lowest BCUT2D eigenvalue weighted by atomic mass is 9.87. The van der Waals surface area contributed by atoms with E-state index < -0.39 is 30.6 Å². The summed E-state index contributed by atoms with van der Waals surface area (Å²) in [5.41, 5.74) is 2.73. The maximum Gasteiger partial charge on any atom is 0.387 e. The summed E-state index contributed by atoms with van der Waals surface area (Å²) in [5.74, 6) is -1.28. The highest BCUT2D eigenvalue weighted by molar-refractivity contribution is 5.47. The second-order valence-corrected chi connectivity index (χ2v) is 8.28. The van der Waals surface area contributed by atoms with Crippen LogP contribution in [-0.4, -0.2) is 23.4 Å². The van der Waals surface area contributed by atoms with E-state index in [2.05, 4.69) is 14.5 Å². The number of aromatic nitrogens is 2. The van der Waals surface area contributed by atoms with Crippen LogP contribution in [0.4, 0.5) is 23.4 Å². The van der Waals surface area contributed by atoms with Gasteiger partial charge in [0.05, 0.1) is 6.54 Å². The molecule has 1 N–H and O–H groups in total. The molecule has 0 radical (unpaired) electrons. The zero-order valence-electron chi connectivity index (χ0n) is 19.8. The third-order valence-electron chi connectivity index (χ3n) is 5.73. The van der Waals surface area contributed by atoms with Crippen molar-refractivity contribution in [1.82, 2.24) is 4.98 Å². The number of hydrogen-bond donors (Lipinski definition) is 1. The predicted molar refractivity (Wildman–Crippen MR) is 129 cm³/mol. The first-order valence-electron chi connectivity index (χ1n) is 11.5. The molecule has 198 valence electrons. The Hall–Kier alpha value is -4.38. The average Bonchev–Trinajstić information content (AvgIpc) is 2.89. The molecule has 2 aromatic carbocycles. The Kier molecular flexibility index (Phi) is 8.59. The van der Waals surface area contributed by atoms with Gasteiger partial charge in [-0.3, -0.25) is 5.21 Å². The molecule has 0 saturated carbocycles. The van der Waals surface area contributed by atoms with Gasteiger partial charge in [0.1, 0.15) is 0 Å². The fourth-order valence-corrected chi connectivity index (χ4v) is 3.96. The number of rotatable bonds is 11. The van der Waals surface area contributed by atoms with E-state index in [1.807, 2.05) is 30.3 Å². The topological polar surface area (TPSA) is 81.8 Å². The van der Waals surface area contributed by atoms with Crippen molar-refractivity contribution < 1.29 is 37.0 Å². The lowest BCUT2D eigenvalue weighted by Crippen LogP contribution is -2.24. The first-order chi connectivity index (χ1) is 18.3. The van der Waals surface area contributed by atoms with Crippen molar-refractivity contribution in [3.63, 3.8) is 0 Å². The molecule has 1 atom stereocenters. The first kappa shape index (κ1) is 26.7. The van der Waals surface area contributed by atoms with Crippen LogP contribution in [0.1, 0.15) is 28.2 Å². The molecule has 0 aliphatic carbocycles. The van der Waals surface area contributed by atoms with Gasteiger partial charge in [-0.15, -0.1) is 0 Å². The molecule has 0 amide bonds. The number of hydroxylamine groups is 1. The lowest BCUT2D eigenvalue weighted by Gasteiger charge is -2.21. The quantitative estimate of drug-likeness (QED) is 0.116. The maximum atomic E-state index is 13.0. The zero-order valence-corrected chi connectivity index (χ0v) is 19.8. The van der Waals surface area contributed by atoms with Crippen LogP contribution in [-0.2, 0) is 13.0 Å². The van der Waals surface area contributed by atoms with E-state index in [9.17, 15) is 28.0 Å². The van der Waals surface area contributed by atoms with E-state index in [0.717, 1.165) is 22.3 Å². The standard InChI is InChI=1S/C27H23F4N3O4/c28-26(29)37-23-8-6-20(15-24(23)38-27(30)31)22(14-18-10-12-33(35)13-11-18)21-7-9-25(32-16-21)34(36)17-19-4-2-1-3-5-19/h1-13,15-16,22,26-27,36H,14,17H2. The number of nitrogens with zero attached hydrogens (tertiary/aromatic N) is 3. The van der Waals surface area contributed by atoms with Gasteiger partial charge in [-0.25, -0.2) is 10.0 Å². The smallest absolute Gasteiger partial charge is 0.387 e. The summed E-state index contributed by atoms with van der Waals surface area (Å²) in [6.07, 6.45) is 4.50. The van der Waals surface area contributed by atoms with Gasteiger partial charge in [0.2, 0.25) is 0 Å². The van der Waals surface area contributed by atoms with Crippen LogP contribution in [0.25, 0.3) is 0 Å². The van der Waals surface area contributed by atoms with Gasteiger partial charge in [-0.2, -0.15) is 22.3 Å². The highest BCUT2D eigenvalue weighted by Gasteiger charge is 2.22. The Labute approximate surface area is 215 Å². The van der Waals surface area contributed by atoms with Crippen molar-refractivity contribution in [2.24, 2.45) is 0 Å². The minimum atomic E-state index is -3.26. The van der Waals surface area contributed by atoms with Crippen LogP contribution in [0, 0.1) is 5.21 Å². The molecular weight excluding hydrogens is 506 g/mol. The molecule has 0 fully saturated rings. The largest absolute Gasteiger partial charge is 0.619 e. The molecular formula is C27H23F4N3O4. The van der Waals surface area contributed by atoms with Gasteiger partial charge in [0.15, 0.2) is 29.7 Å². The average molecular weight is 529 g/mol. The summed E-state index contributed by atoms with van der Waals surface area (Å²) in [6.45, 7) is -6.28. The summed E-state index contributed by atoms with van der Waals surface area (Å²) in [5, 5.41) is 22.9. The molecule has 38 heavy (non-hydrogen) atoms. The molecule has 2 heterocycles. The van der Waals surface area contributed by atoms with Crippen LogP contribution in [0.2, 0.25) is 0 Å². The van der Waals surface area contributed by atoms with Crippen LogP contribution in [0.3, 0.4) is 0 Å². The van der Waals surface area contributed by atoms with Crippen molar-refractivity contribution in [1.29, 1.82) is 0 Å². The van der Waals surface area contributed by atoms with E-state index in [4.69, 9.17) is 0 Å². The van der Waals surface area contributed by atoms with Crippen LogP contribution < -0.4 is 19.3 Å². The van der Waals surface area contributed by atoms with Crippen molar-refractivity contribution in [2.75, 3.05) is 5.06 Å². The summed E-state index contributed by atoms with van der Waals surface area (Å²) in [4.78, 5) is 4.35. The SMILES string of the molecule is [O-][n+]1ccc(CC(c2ccc(N(O)Cc3ccccc3)nc2)c2ccc(OC(F)F)c(OC(F)F)c2)cc1. The van der Waals surface area contributed by atoms with Crippen molar-refractivity contribution in [3.8, 4) is 11.5 Å². The summed E-state index contributed by atoms with van der Waals surface area (Å²) in [6, 6.07) is 19.7. The second kappa shape index (κ2) is 12.2. The van der Waals surface area contributed by atoms with Crippen molar-refractivity contribution in [3.05, 3.63) is 119 Å². The summed E-state index contributed by atoms with van der Waals surface area (Å²) < 4.78 is 61.0. The molecule has 2 aromatic heterocycles. The minimum absolute atomic E-state index is 0.204. The van der Waals surface area contributed by atoms with Gasteiger partial charge >= 0.3 is 13.2 Å². The van der Waals surface area contributed by atoms with E-state index >= 15 is 0 Å². The third kappa shape index (κ3) is 7.10. The number of halogens is 4. The minimum Gasteiger partial charge on any atom is -0.619 e. The Morgan fingerprint density at radius 1 is 0.816 bits per heavy atom. The van der Waals surface area contributed by atoms with Crippen LogP contribution >= 0.6 is 0 Å². The normalized spacial score (nSPS) is 12.0. The fraction of sp³-hybridized carbons (Fsp3) is 0.185. The highest BCUT2D eigenvalue weighted by atomic mass is 19.3. The van der Waals surface area contributed by atoms with Gasteiger partial charge < -0.3 is 14.7 Å². The monoisotopic (exact) mass is 529 g/mol.